The van der Waals surface area contributed by atoms with E-state index in [-0.39, 0.29) is 11.8 Å². The number of rotatable bonds is 1. The van der Waals surface area contributed by atoms with Gasteiger partial charge in [0.15, 0.2) is 0 Å². The summed E-state index contributed by atoms with van der Waals surface area (Å²) in [4.78, 5) is 11.1. The van der Waals surface area contributed by atoms with E-state index in [1.807, 2.05) is 0 Å². The highest BCUT2D eigenvalue weighted by Crippen LogP contribution is 2.10. The summed E-state index contributed by atoms with van der Waals surface area (Å²) in [7, 11) is 1.59. The molecule has 0 aliphatic carbocycles. The first-order valence-electron chi connectivity index (χ1n) is 3.86. The number of hydrogen-bond donors (Lipinski definition) is 3. The molecule has 0 aromatic carbocycles. The molecule has 0 saturated carbocycles. The first-order valence-corrected chi connectivity index (χ1v) is 3.86. The van der Waals surface area contributed by atoms with Gasteiger partial charge in [0.1, 0.15) is 0 Å². The maximum absolute atomic E-state index is 11.1. The molecule has 1 saturated heterocycles. The number of aliphatic hydroxyl groups is 1. The average Bonchev–Trinajstić information content (AvgIpc) is 2.04. The third-order valence-electron chi connectivity index (χ3n) is 2.03. The van der Waals surface area contributed by atoms with Crippen molar-refractivity contribution in [2.24, 2.45) is 5.92 Å². The van der Waals surface area contributed by atoms with Gasteiger partial charge in [0.2, 0.25) is 5.91 Å². The van der Waals surface area contributed by atoms with Crippen LogP contribution in [0, 0.1) is 5.92 Å². The molecule has 3 N–H and O–H groups in total. The van der Waals surface area contributed by atoms with Gasteiger partial charge in [-0.25, -0.2) is 0 Å². The number of piperidine rings is 1. The van der Waals surface area contributed by atoms with Crippen molar-refractivity contribution >= 4 is 5.91 Å². The fourth-order valence-corrected chi connectivity index (χ4v) is 1.30. The predicted molar refractivity (Wildman–Crippen MR) is 41.1 cm³/mol. The Hall–Kier alpha value is -0.610. The Morgan fingerprint density at radius 2 is 2.45 bits per heavy atom. The molecule has 64 valence electrons. The van der Waals surface area contributed by atoms with Crippen LogP contribution in [0.1, 0.15) is 6.42 Å². The molecule has 1 fully saturated rings. The third-order valence-corrected chi connectivity index (χ3v) is 2.03. The summed E-state index contributed by atoms with van der Waals surface area (Å²) in [6, 6.07) is 0. The van der Waals surface area contributed by atoms with E-state index in [2.05, 4.69) is 10.6 Å². The number of carbonyl (C=O) groups excluding carboxylic acids is 1. The Morgan fingerprint density at radius 1 is 1.73 bits per heavy atom. The maximum Gasteiger partial charge on any atom is 0.226 e. The van der Waals surface area contributed by atoms with E-state index in [1.54, 1.807) is 7.05 Å². The fourth-order valence-electron chi connectivity index (χ4n) is 1.30. The molecule has 0 bridgehead atoms. The SMILES string of the molecule is CNC(=O)C1CNCCC1O. The molecule has 1 rings (SSSR count). The van der Waals surface area contributed by atoms with Crippen LogP contribution in [0.15, 0.2) is 0 Å². The van der Waals surface area contributed by atoms with Crippen LogP contribution in [0.2, 0.25) is 0 Å². The molecule has 0 radical (unpaired) electrons. The molecule has 0 aromatic heterocycles. The number of aliphatic hydroxyl groups excluding tert-OH is 1. The van der Waals surface area contributed by atoms with Crippen LogP contribution >= 0.6 is 0 Å². The van der Waals surface area contributed by atoms with E-state index in [0.717, 1.165) is 6.54 Å². The summed E-state index contributed by atoms with van der Waals surface area (Å²) in [6.45, 7) is 1.38. The highest BCUT2D eigenvalue weighted by molar-refractivity contribution is 5.79. The summed E-state index contributed by atoms with van der Waals surface area (Å²) in [6.07, 6.45) is 0.189. The average molecular weight is 158 g/mol. The summed E-state index contributed by atoms with van der Waals surface area (Å²) in [5.74, 6) is -0.349. The van der Waals surface area contributed by atoms with E-state index in [4.69, 9.17) is 0 Å². The van der Waals surface area contributed by atoms with Crippen LogP contribution in [0.25, 0.3) is 0 Å². The molecule has 0 aromatic rings. The van der Waals surface area contributed by atoms with Crippen molar-refractivity contribution in [2.75, 3.05) is 20.1 Å². The second kappa shape index (κ2) is 3.69. The zero-order chi connectivity index (χ0) is 8.27. The molecule has 11 heavy (non-hydrogen) atoms. The first-order chi connectivity index (χ1) is 5.25. The Morgan fingerprint density at radius 3 is 3.00 bits per heavy atom. The van der Waals surface area contributed by atoms with Gasteiger partial charge in [0, 0.05) is 13.6 Å². The number of carbonyl (C=O) groups is 1. The molecular formula is C7H14N2O2. The van der Waals surface area contributed by atoms with Gasteiger partial charge < -0.3 is 15.7 Å². The lowest BCUT2D eigenvalue weighted by atomic mass is 9.95. The summed E-state index contributed by atoms with van der Waals surface area (Å²) in [5, 5.41) is 15.0. The van der Waals surface area contributed by atoms with E-state index < -0.39 is 6.10 Å². The lowest BCUT2D eigenvalue weighted by Gasteiger charge is -2.26. The lowest BCUT2D eigenvalue weighted by molar-refractivity contribution is -0.128. The minimum Gasteiger partial charge on any atom is -0.392 e. The van der Waals surface area contributed by atoms with E-state index in [1.165, 1.54) is 0 Å². The second-order valence-electron chi connectivity index (χ2n) is 2.78. The summed E-state index contributed by atoms with van der Waals surface area (Å²) < 4.78 is 0. The zero-order valence-electron chi connectivity index (χ0n) is 6.63. The molecule has 4 heteroatoms. The van der Waals surface area contributed by atoms with Gasteiger partial charge in [-0.15, -0.1) is 0 Å². The number of nitrogens with one attached hydrogen (secondary N) is 2. The van der Waals surface area contributed by atoms with Crippen LogP contribution in [0.3, 0.4) is 0 Å². The van der Waals surface area contributed by atoms with Gasteiger partial charge >= 0.3 is 0 Å². The van der Waals surface area contributed by atoms with Crippen LogP contribution in [0.5, 0.6) is 0 Å². The molecule has 1 heterocycles. The summed E-state index contributed by atoms with van der Waals surface area (Å²) >= 11 is 0. The molecule has 0 spiro atoms. The maximum atomic E-state index is 11.1. The van der Waals surface area contributed by atoms with Crippen LogP contribution in [-0.2, 0) is 4.79 Å². The van der Waals surface area contributed by atoms with Crippen molar-refractivity contribution < 1.29 is 9.90 Å². The van der Waals surface area contributed by atoms with Gasteiger partial charge in [-0.3, -0.25) is 4.79 Å². The standard InChI is InChI=1S/C7H14N2O2/c1-8-7(11)5-4-9-3-2-6(5)10/h5-6,9-10H,2-4H2,1H3,(H,8,11). The van der Waals surface area contributed by atoms with Gasteiger partial charge in [-0.2, -0.15) is 0 Å². The van der Waals surface area contributed by atoms with Crippen molar-refractivity contribution in [3.8, 4) is 0 Å². The molecule has 1 aliphatic heterocycles. The highest BCUT2D eigenvalue weighted by Gasteiger charge is 2.28. The van der Waals surface area contributed by atoms with Crippen molar-refractivity contribution in [1.82, 2.24) is 10.6 Å². The van der Waals surface area contributed by atoms with Gasteiger partial charge in [0.25, 0.3) is 0 Å². The predicted octanol–water partition coefficient (Wildman–Crippen LogP) is -1.30. The van der Waals surface area contributed by atoms with E-state index >= 15 is 0 Å². The van der Waals surface area contributed by atoms with Crippen molar-refractivity contribution in [1.29, 1.82) is 0 Å². The van der Waals surface area contributed by atoms with Crippen LogP contribution in [-0.4, -0.2) is 37.3 Å². The minimum absolute atomic E-state index is 0.0790. The Kier molecular flexibility index (Phi) is 2.84. The quantitative estimate of drug-likeness (QED) is 0.444. The third kappa shape index (κ3) is 1.91. The lowest BCUT2D eigenvalue weighted by Crippen LogP contribution is -2.47. The van der Waals surface area contributed by atoms with Crippen molar-refractivity contribution in [2.45, 2.75) is 12.5 Å². The molecule has 1 amide bonds. The number of hydrogen-bond acceptors (Lipinski definition) is 3. The van der Waals surface area contributed by atoms with E-state index in [0.29, 0.717) is 13.0 Å². The minimum atomic E-state index is -0.476. The Balaban J connectivity index is 2.47. The van der Waals surface area contributed by atoms with Crippen LogP contribution < -0.4 is 10.6 Å². The molecule has 1 aliphatic rings. The smallest absolute Gasteiger partial charge is 0.226 e. The largest absolute Gasteiger partial charge is 0.392 e. The fraction of sp³-hybridized carbons (Fsp3) is 0.857. The van der Waals surface area contributed by atoms with E-state index in [9.17, 15) is 9.90 Å². The van der Waals surface area contributed by atoms with Crippen LogP contribution in [0.4, 0.5) is 0 Å². The molecule has 2 atom stereocenters. The zero-order valence-corrected chi connectivity index (χ0v) is 6.63. The Bertz CT molecular complexity index is 149. The monoisotopic (exact) mass is 158 g/mol. The molecule has 4 nitrogen and oxygen atoms in total. The second-order valence-corrected chi connectivity index (χ2v) is 2.78. The number of amides is 1. The summed E-state index contributed by atoms with van der Waals surface area (Å²) in [5.41, 5.74) is 0. The highest BCUT2D eigenvalue weighted by atomic mass is 16.3. The van der Waals surface area contributed by atoms with Gasteiger partial charge in [-0.1, -0.05) is 0 Å². The Labute approximate surface area is 66.0 Å². The molecular weight excluding hydrogens is 144 g/mol. The van der Waals surface area contributed by atoms with Gasteiger partial charge in [0.05, 0.1) is 12.0 Å². The first kappa shape index (κ1) is 8.49. The van der Waals surface area contributed by atoms with Gasteiger partial charge in [-0.05, 0) is 13.0 Å². The topological polar surface area (TPSA) is 61.4 Å². The van der Waals surface area contributed by atoms with Crippen molar-refractivity contribution in [3.63, 3.8) is 0 Å². The van der Waals surface area contributed by atoms with Crippen molar-refractivity contribution in [3.05, 3.63) is 0 Å². The molecule has 2 unspecified atom stereocenters. The normalized spacial score (nSPS) is 31.5.